The van der Waals surface area contributed by atoms with Crippen molar-refractivity contribution in [1.82, 2.24) is 15.2 Å². The molecular weight excluding hydrogens is 332 g/mol. The number of anilines is 1. The van der Waals surface area contributed by atoms with Crippen molar-refractivity contribution in [2.75, 3.05) is 11.1 Å². The minimum Gasteiger partial charge on any atom is -0.325 e. The van der Waals surface area contributed by atoms with Gasteiger partial charge in [-0.3, -0.25) is 4.79 Å². The first-order valence-electron chi connectivity index (χ1n) is 8.15. The zero-order valence-corrected chi connectivity index (χ0v) is 15.1. The predicted molar refractivity (Wildman–Crippen MR) is 102 cm³/mol. The Balaban J connectivity index is 1.55. The summed E-state index contributed by atoms with van der Waals surface area (Å²) < 4.78 is 0. The molecule has 1 heterocycles. The van der Waals surface area contributed by atoms with Crippen LogP contribution in [-0.4, -0.2) is 26.8 Å². The molecule has 3 rings (SSSR count). The van der Waals surface area contributed by atoms with Gasteiger partial charge < -0.3 is 10.3 Å². The van der Waals surface area contributed by atoms with Gasteiger partial charge >= 0.3 is 0 Å². The maximum Gasteiger partial charge on any atom is 0.234 e. The molecule has 5 nitrogen and oxygen atoms in total. The number of benzene rings is 2. The van der Waals surface area contributed by atoms with Crippen LogP contribution in [0, 0.1) is 6.92 Å². The van der Waals surface area contributed by atoms with Crippen LogP contribution in [0.15, 0.2) is 53.7 Å². The summed E-state index contributed by atoms with van der Waals surface area (Å²) in [7, 11) is 0. The third kappa shape index (κ3) is 4.70. The molecule has 1 aromatic heterocycles. The van der Waals surface area contributed by atoms with Crippen LogP contribution in [0.1, 0.15) is 18.1 Å². The maximum atomic E-state index is 12.0. The van der Waals surface area contributed by atoms with Crippen LogP contribution in [0.4, 0.5) is 5.69 Å². The van der Waals surface area contributed by atoms with Gasteiger partial charge in [0.1, 0.15) is 0 Å². The molecule has 0 atom stereocenters. The second-order valence-electron chi connectivity index (χ2n) is 5.73. The van der Waals surface area contributed by atoms with Gasteiger partial charge in [0.2, 0.25) is 5.91 Å². The molecule has 6 heteroatoms. The highest BCUT2D eigenvalue weighted by Crippen LogP contribution is 2.20. The summed E-state index contributed by atoms with van der Waals surface area (Å²) in [4.78, 5) is 15.2. The molecule has 0 saturated carbocycles. The van der Waals surface area contributed by atoms with E-state index in [0.717, 1.165) is 23.2 Å². The molecule has 0 radical (unpaired) electrons. The van der Waals surface area contributed by atoms with E-state index in [-0.39, 0.29) is 11.7 Å². The molecule has 1 amide bonds. The van der Waals surface area contributed by atoms with E-state index < -0.39 is 0 Å². The Morgan fingerprint density at radius 1 is 1.08 bits per heavy atom. The third-order valence-electron chi connectivity index (χ3n) is 3.78. The van der Waals surface area contributed by atoms with Gasteiger partial charge in [0.05, 0.1) is 5.75 Å². The zero-order chi connectivity index (χ0) is 17.6. The van der Waals surface area contributed by atoms with E-state index in [2.05, 4.69) is 39.6 Å². The van der Waals surface area contributed by atoms with Gasteiger partial charge in [-0.25, -0.2) is 0 Å². The van der Waals surface area contributed by atoms with Crippen molar-refractivity contribution in [2.45, 2.75) is 25.4 Å². The third-order valence-corrected chi connectivity index (χ3v) is 4.64. The first kappa shape index (κ1) is 17.2. The van der Waals surface area contributed by atoms with Gasteiger partial charge in [-0.05, 0) is 31.0 Å². The number of rotatable bonds is 6. The van der Waals surface area contributed by atoms with Crippen molar-refractivity contribution in [3.63, 3.8) is 0 Å². The molecule has 3 aromatic rings. The highest BCUT2D eigenvalue weighted by atomic mass is 32.2. The Bertz CT molecular complexity index is 841. The summed E-state index contributed by atoms with van der Waals surface area (Å²) in [6.07, 6.45) is 1.01. The summed E-state index contributed by atoms with van der Waals surface area (Å²) in [6, 6.07) is 15.9. The van der Waals surface area contributed by atoms with Crippen LogP contribution in [0.5, 0.6) is 0 Å². The van der Waals surface area contributed by atoms with E-state index in [9.17, 15) is 4.79 Å². The zero-order valence-electron chi connectivity index (χ0n) is 14.2. The second kappa shape index (κ2) is 7.98. The molecule has 0 bridgehead atoms. The van der Waals surface area contributed by atoms with Crippen molar-refractivity contribution >= 4 is 23.4 Å². The number of aromatic nitrogens is 3. The normalized spacial score (nSPS) is 10.6. The van der Waals surface area contributed by atoms with Crippen LogP contribution in [0.25, 0.3) is 11.4 Å². The van der Waals surface area contributed by atoms with Crippen LogP contribution < -0.4 is 5.32 Å². The van der Waals surface area contributed by atoms with Crippen molar-refractivity contribution < 1.29 is 4.79 Å². The van der Waals surface area contributed by atoms with E-state index in [1.54, 1.807) is 0 Å². The van der Waals surface area contributed by atoms with E-state index in [0.29, 0.717) is 11.0 Å². The Labute approximate surface area is 151 Å². The van der Waals surface area contributed by atoms with E-state index in [1.165, 1.54) is 17.3 Å². The Morgan fingerprint density at radius 2 is 1.80 bits per heavy atom. The van der Waals surface area contributed by atoms with E-state index in [4.69, 9.17) is 0 Å². The number of hydrogen-bond donors (Lipinski definition) is 2. The summed E-state index contributed by atoms with van der Waals surface area (Å²) in [6.45, 7) is 4.14. The van der Waals surface area contributed by atoms with Crippen LogP contribution >= 0.6 is 11.8 Å². The number of carbonyl (C=O) groups is 1. The number of carbonyl (C=O) groups excluding carboxylic acids is 1. The lowest BCUT2D eigenvalue weighted by Crippen LogP contribution is -2.14. The summed E-state index contributed by atoms with van der Waals surface area (Å²) >= 11 is 1.33. The van der Waals surface area contributed by atoms with Crippen molar-refractivity contribution in [2.24, 2.45) is 0 Å². The maximum absolute atomic E-state index is 12.0. The minimum atomic E-state index is -0.0703. The molecule has 128 valence electrons. The van der Waals surface area contributed by atoms with Crippen molar-refractivity contribution in [3.8, 4) is 11.4 Å². The molecule has 0 aliphatic heterocycles. The minimum absolute atomic E-state index is 0.0703. The van der Waals surface area contributed by atoms with Gasteiger partial charge in [-0.1, -0.05) is 60.6 Å². The topological polar surface area (TPSA) is 70.7 Å². The number of H-pyrrole nitrogens is 1. The SMILES string of the molecule is CCc1ccc(-c2nnc(SCC(=O)Nc3ccc(C)cc3)[nH]2)cc1. The largest absolute Gasteiger partial charge is 0.325 e. The molecule has 2 N–H and O–H groups in total. The van der Waals surface area contributed by atoms with Gasteiger partial charge in [-0.15, -0.1) is 10.2 Å². The lowest BCUT2D eigenvalue weighted by Gasteiger charge is -2.04. The number of amides is 1. The van der Waals surface area contributed by atoms with Crippen molar-refractivity contribution in [3.05, 3.63) is 59.7 Å². The molecule has 2 aromatic carbocycles. The average Bonchev–Trinajstić information content (AvgIpc) is 3.11. The predicted octanol–water partition coefficient (Wildman–Crippen LogP) is 4.07. The van der Waals surface area contributed by atoms with Gasteiger partial charge in [0.15, 0.2) is 11.0 Å². The molecule has 0 spiro atoms. The Morgan fingerprint density at radius 3 is 2.48 bits per heavy atom. The number of aryl methyl sites for hydroxylation is 2. The number of thioether (sulfide) groups is 1. The molecule has 0 unspecified atom stereocenters. The standard InChI is InChI=1S/C19H20N4OS/c1-3-14-6-8-15(9-7-14)18-21-19(23-22-18)25-12-17(24)20-16-10-4-13(2)5-11-16/h4-11H,3,12H2,1-2H3,(H,20,24)(H,21,22,23). The van der Waals surface area contributed by atoms with Crippen LogP contribution in [-0.2, 0) is 11.2 Å². The fourth-order valence-corrected chi connectivity index (χ4v) is 2.92. The number of nitrogens with one attached hydrogen (secondary N) is 2. The smallest absolute Gasteiger partial charge is 0.234 e. The Hall–Kier alpha value is -2.60. The summed E-state index contributed by atoms with van der Waals surface area (Å²) in [5.41, 5.74) is 4.23. The lowest BCUT2D eigenvalue weighted by molar-refractivity contribution is -0.113. The summed E-state index contributed by atoms with van der Waals surface area (Å²) in [5.74, 6) is 0.917. The van der Waals surface area contributed by atoms with E-state index in [1.807, 2.05) is 43.3 Å². The molecule has 0 aliphatic carbocycles. The molecule has 0 saturated heterocycles. The first-order chi connectivity index (χ1) is 12.1. The van der Waals surface area contributed by atoms with Gasteiger partial charge in [-0.2, -0.15) is 0 Å². The fourth-order valence-electron chi connectivity index (χ4n) is 2.31. The highest BCUT2D eigenvalue weighted by Gasteiger charge is 2.09. The first-order valence-corrected chi connectivity index (χ1v) is 9.14. The fraction of sp³-hybridized carbons (Fsp3) is 0.211. The average molecular weight is 352 g/mol. The lowest BCUT2D eigenvalue weighted by atomic mass is 10.1. The molecule has 25 heavy (non-hydrogen) atoms. The van der Waals surface area contributed by atoms with Gasteiger partial charge in [0, 0.05) is 11.3 Å². The molecular formula is C19H20N4OS. The van der Waals surface area contributed by atoms with E-state index >= 15 is 0 Å². The Kier molecular flexibility index (Phi) is 5.50. The molecule has 0 fully saturated rings. The van der Waals surface area contributed by atoms with Crippen LogP contribution in [0.2, 0.25) is 0 Å². The van der Waals surface area contributed by atoms with Gasteiger partial charge in [0.25, 0.3) is 0 Å². The number of aromatic amines is 1. The van der Waals surface area contributed by atoms with Crippen molar-refractivity contribution in [1.29, 1.82) is 0 Å². The highest BCUT2D eigenvalue weighted by molar-refractivity contribution is 7.99. The quantitative estimate of drug-likeness (QED) is 0.656. The molecule has 0 aliphatic rings. The number of nitrogens with zero attached hydrogens (tertiary/aromatic N) is 2. The monoisotopic (exact) mass is 352 g/mol. The number of hydrogen-bond acceptors (Lipinski definition) is 4. The van der Waals surface area contributed by atoms with Crippen LogP contribution in [0.3, 0.4) is 0 Å². The second-order valence-corrected chi connectivity index (χ2v) is 6.70. The summed E-state index contributed by atoms with van der Waals surface area (Å²) in [5, 5.41) is 11.8.